The number of amides is 1. The van der Waals surface area contributed by atoms with Gasteiger partial charge < -0.3 is 5.32 Å². The van der Waals surface area contributed by atoms with Gasteiger partial charge in [-0.05, 0) is 13.3 Å². The summed E-state index contributed by atoms with van der Waals surface area (Å²) in [5, 5.41) is 2.38. The van der Waals surface area contributed by atoms with Crippen LogP contribution in [0.5, 0.6) is 0 Å². The number of unbranched alkanes of at least 4 members (excludes halogenated alkanes) is 4. The predicted octanol–water partition coefficient (Wildman–Crippen LogP) is 2.70. The zero-order valence-corrected chi connectivity index (χ0v) is 9.36. The first kappa shape index (κ1) is 12.8. The van der Waals surface area contributed by atoms with E-state index in [1.807, 2.05) is 0 Å². The second-order valence-corrected chi connectivity index (χ2v) is 3.98. The SMILES string of the molecule is CCCCCCCNC(=O)[C@H](C)Cl. The number of alkyl halides is 1. The van der Waals surface area contributed by atoms with Crippen molar-refractivity contribution >= 4 is 17.5 Å². The van der Waals surface area contributed by atoms with Crippen molar-refractivity contribution in [1.29, 1.82) is 0 Å². The Morgan fingerprint density at radius 1 is 1.31 bits per heavy atom. The third-order valence-electron chi connectivity index (χ3n) is 1.94. The highest BCUT2D eigenvalue weighted by atomic mass is 35.5. The molecule has 0 aromatic carbocycles. The quantitative estimate of drug-likeness (QED) is 0.503. The molecule has 1 N–H and O–H groups in total. The van der Waals surface area contributed by atoms with Gasteiger partial charge in [-0.2, -0.15) is 0 Å². The number of halogens is 1. The lowest BCUT2D eigenvalue weighted by molar-refractivity contribution is -0.120. The second-order valence-electron chi connectivity index (χ2n) is 3.32. The van der Waals surface area contributed by atoms with Crippen molar-refractivity contribution in [3.63, 3.8) is 0 Å². The molecule has 1 amide bonds. The highest BCUT2D eigenvalue weighted by Gasteiger charge is 2.06. The molecular weight excluding hydrogens is 186 g/mol. The Bertz CT molecular complexity index is 137. The van der Waals surface area contributed by atoms with Gasteiger partial charge in [-0.1, -0.05) is 32.6 Å². The summed E-state index contributed by atoms with van der Waals surface area (Å²) < 4.78 is 0. The van der Waals surface area contributed by atoms with Crippen LogP contribution in [0.25, 0.3) is 0 Å². The molecule has 3 heteroatoms. The monoisotopic (exact) mass is 205 g/mol. The summed E-state index contributed by atoms with van der Waals surface area (Å²) in [5.41, 5.74) is 0. The van der Waals surface area contributed by atoms with Crippen LogP contribution >= 0.6 is 11.6 Å². The maximum absolute atomic E-state index is 11.0. The lowest BCUT2D eigenvalue weighted by atomic mass is 10.1. The molecule has 0 aliphatic carbocycles. The predicted molar refractivity (Wildman–Crippen MR) is 57.1 cm³/mol. The number of carbonyl (C=O) groups excluding carboxylic acids is 1. The van der Waals surface area contributed by atoms with Gasteiger partial charge in [0.15, 0.2) is 0 Å². The average molecular weight is 206 g/mol. The molecule has 1 atom stereocenters. The zero-order valence-electron chi connectivity index (χ0n) is 8.61. The van der Waals surface area contributed by atoms with Crippen LogP contribution in [0.4, 0.5) is 0 Å². The molecule has 2 nitrogen and oxygen atoms in total. The molecule has 0 aromatic rings. The van der Waals surface area contributed by atoms with E-state index in [2.05, 4.69) is 12.2 Å². The van der Waals surface area contributed by atoms with Crippen molar-refractivity contribution in [2.24, 2.45) is 0 Å². The van der Waals surface area contributed by atoms with Gasteiger partial charge in [0.2, 0.25) is 5.91 Å². The van der Waals surface area contributed by atoms with E-state index < -0.39 is 5.38 Å². The molecule has 0 aliphatic rings. The highest BCUT2D eigenvalue weighted by Crippen LogP contribution is 2.01. The molecule has 13 heavy (non-hydrogen) atoms. The van der Waals surface area contributed by atoms with Crippen LogP contribution < -0.4 is 5.32 Å². The number of rotatable bonds is 7. The molecule has 0 radical (unpaired) electrons. The molecule has 0 bridgehead atoms. The molecular formula is C10H20ClNO. The summed E-state index contributed by atoms with van der Waals surface area (Å²) in [6, 6.07) is 0. The average Bonchev–Trinajstić information content (AvgIpc) is 2.10. The fraction of sp³-hybridized carbons (Fsp3) is 0.900. The van der Waals surface area contributed by atoms with Crippen molar-refractivity contribution in [3.05, 3.63) is 0 Å². The second kappa shape index (κ2) is 8.36. The normalized spacial score (nSPS) is 12.5. The van der Waals surface area contributed by atoms with Gasteiger partial charge in [-0.15, -0.1) is 11.6 Å². The van der Waals surface area contributed by atoms with Gasteiger partial charge in [0.05, 0.1) is 0 Å². The van der Waals surface area contributed by atoms with Gasteiger partial charge in [-0.3, -0.25) is 4.79 Å². The van der Waals surface area contributed by atoms with E-state index in [1.165, 1.54) is 25.7 Å². The Kier molecular flexibility index (Phi) is 8.21. The van der Waals surface area contributed by atoms with Crippen molar-refractivity contribution in [3.8, 4) is 0 Å². The lowest BCUT2D eigenvalue weighted by Crippen LogP contribution is -2.30. The molecule has 0 saturated carbocycles. The van der Waals surface area contributed by atoms with Crippen molar-refractivity contribution in [1.82, 2.24) is 5.32 Å². The Hall–Kier alpha value is -0.240. The molecule has 0 aromatic heterocycles. The third kappa shape index (κ3) is 8.10. The molecule has 0 saturated heterocycles. The maximum Gasteiger partial charge on any atom is 0.237 e. The molecule has 78 valence electrons. The maximum atomic E-state index is 11.0. The highest BCUT2D eigenvalue weighted by molar-refractivity contribution is 6.30. The number of carbonyl (C=O) groups is 1. The standard InChI is InChI=1S/C10H20ClNO/c1-3-4-5-6-7-8-12-10(13)9(2)11/h9H,3-8H2,1-2H3,(H,12,13)/t9-/m0/s1. The van der Waals surface area contributed by atoms with Crippen LogP contribution in [0.2, 0.25) is 0 Å². The third-order valence-corrected chi connectivity index (χ3v) is 2.14. The van der Waals surface area contributed by atoms with Crippen LogP contribution in [0, 0.1) is 0 Å². The number of hydrogen-bond acceptors (Lipinski definition) is 1. The Morgan fingerprint density at radius 2 is 1.92 bits per heavy atom. The van der Waals surface area contributed by atoms with Crippen molar-refractivity contribution in [2.75, 3.05) is 6.54 Å². The Balaban J connectivity index is 3.12. The molecule has 0 aliphatic heterocycles. The zero-order chi connectivity index (χ0) is 10.1. The van der Waals surface area contributed by atoms with Crippen LogP contribution in [0.3, 0.4) is 0 Å². The minimum atomic E-state index is -0.407. The van der Waals surface area contributed by atoms with E-state index in [1.54, 1.807) is 6.92 Å². The first-order valence-corrected chi connectivity index (χ1v) is 5.54. The summed E-state index contributed by atoms with van der Waals surface area (Å²) in [6.45, 7) is 4.64. The minimum Gasteiger partial charge on any atom is -0.355 e. The van der Waals surface area contributed by atoms with E-state index in [4.69, 9.17) is 11.6 Å². The first-order valence-electron chi connectivity index (χ1n) is 5.10. The largest absolute Gasteiger partial charge is 0.355 e. The number of nitrogens with one attached hydrogen (secondary N) is 1. The van der Waals surface area contributed by atoms with E-state index >= 15 is 0 Å². The smallest absolute Gasteiger partial charge is 0.237 e. The molecule has 0 spiro atoms. The Labute approximate surface area is 86.0 Å². The fourth-order valence-corrected chi connectivity index (χ4v) is 1.16. The van der Waals surface area contributed by atoms with Crippen LogP contribution in [0.15, 0.2) is 0 Å². The van der Waals surface area contributed by atoms with Crippen molar-refractivity contribution < 1.29 is 4.79 Å². The van der Waals surface area contributed by atoms with Crippen LogP contribution in [-0.2, 0) is 4.79 Å². The summed E-state index contributed by atoms with van der Waals surface area (Å²) in [7, 11) is 0. The van der Waals surface area contributed by atoms with Gasteiger partial charge in [-0.25, -0.2) is 0 Å². The molecule has 0 unspecified atom stereocenters. The topological polar surface area (TPSA) is 29.1 Å². The van der Waals surface area contributed by atoms with E-state index in [9.17, 15) is 4.79 Å². The van der Waals surface area contributed by atoms with Crippen LogP contribution in [-0.4, -0.2) is 17.8 Å². The number of hydrogen-bond donors (Lipinski definition) is 1. The van der Waals surface area contributed by atoms with Crippen molar-refractivity contribution in [2.45, 2.75) is 51.3 Å². The van der Waals surface area contributed by atoms with Gasteiger partial charge >= 0.3 is 0 Å². The van der Waals surface area contributed by atoms with Gasteiger partial charge in [0, 0.05) is 6.54 Å². The van der Waals surface area contributed by atoms with Gasteiger partial charge in [0.25, 0.3) is 0 Å². The Morgan fingerprint density at radius 3 is 2.46 bits per heavy atom. The molecule has 0 fully saturated rings. The summed E-state index contributed by atoms with van der Waals surface area (Å²) in [4.78, 5) is 11.0. The summed E-state index contributed by atoms with van der Waals surface area (Å²) >= 11 is 5.58. The van der Waals surface area contributed by atoms with E-state index in [0.717, 1.165) is 13.0 Å². The fourth-order valence-electron chi connectivity index (χ4n) is 1.08. The summed E-state index contributed by atoms with van der Waals surface area (Å²) in [5.74, 6) is -0.0582. The van der Waals surface area contributed by atoms with E-state index in [0.29, 0.717) is 0 Å². The van der Waals surface area contributed by atoms with Gasteiger partial charge in [0.1, 0.15) is 5.38 Å². The minimum absolute atomic E-state index is 0.0582. The molecule has 0 rings (SSSR count). The van der Waals surface area contributed by atoms with Crippen LogP contribution in [0.1, 0.15) is 46.0 Å². The first-order chi connectivity index (χ1) is 6.18. The lowest BCUT2D eigenvalue weighted by Gasteiger charge is -2.05. The molecule has 0 heterocycles. The van der Waals surface area contributed by atoms with E-state index in [-0.39, 0.29) is 5.91 Å². The summed E-state index contributed by atoms with van der Waals surface area (Å²) in [6.07, 6.45) is 6.08.